The first kappa shape index (κ1) is 14.6. The Labute approximate surface area is 124 Å². The highest BCUT2D eigenvalue weighted by Gasteiger charge is 2.20. The van der Waals surface area contributed by atoms with Crippen LogP contribution in [0.25, 0.3) is 0 Å². The van der Waals surface area contributed by atoms with Gasteiger partial charge in [0.05, 0.1) is 3.79 Å². The van der Waals surface area contributed by atoms with Crippen LogP contribution in [0.15, 0.2) is 39.3 Å². The molecule has 0 saturated heterocycles. The Balaban J connectivity index is 2.16. The molecule has 0 amide bonds. The monoisotopic (exact) mass is 361 g/mol. The van der Waals surface area contributed by atoms with Crippen molar-refractivity contribution < 1.29 is 8.42 Å². The molecule has 0 aromatic carbocycles. The molecule has 0 fully saturated rings. The number of pyridine rings is 1. The van der Waals surface area contributed by atoms with Gasteiger partial charge in [0.1, 0.15) is 4.90 Å². The highest BCUT2D eigenvalue weighted by molar-refractivity contribution is 9.11. The summed E-state index contributed by atoms with van der Waals surface area (Å²) < 4.78 is 27.4. The van der Waals surface area contributed by atoms with Gasteiger partial charge >= 0.3 is 0 Å². The van der Waals surface area contributed by atoms with Gasteiger partial charge in [0.25, 0.3) is 0 Å². The molecule has 0 aliphatic carbocycles. The summed E-state index contributed by atoms with van der Waals surface area (Å²) in [6, 6.07) is 5.15. The molecule has 2 rings (SSSR count). The van der Waals surface area contributed by atoms with Gasteiger partial charge in [0.15, 0.2) is 0 Å². The maximum atomic E-state index is 12.2. The summed E-state index contributed by atoms with van der Waals surface area (Å²) in [4.78, 5) is 4.97. The second-order valence-electron chi connectivity index (χ2n) is 3.74. The van der Waals surface area contributed by atoms with E-state index in [1.165, 1.54) is 11.3 Å². The van der Waals surface area contributed by atoms with E-state index >= 15 is 0 Å². The van der Waals surface area contributed by atoms with Gasteiger partial charge in [0, 0.05) is 30.4 Å². The van der Waals surface area contributed by atoms with Crippen LogP contribution in [0.2, 0.25) is 0 Å². The number of nitrogens with one attached hydrogen (secondary N) is 1. The van der Waals surface area contributed by atoms with Gasteiger partial charge in [-0.3, -0.25) is 4.98 Å². The summed E-state index contributed by atoms with van der Waals surface area (Å²) in [5.41, 5.74) is 6.31. The van der Waals surface area contributed by atoms with E-state index in [4.69, 9.17) is 5.73 Å². The van der Waals surface area contributed by atoms with E-state index in [2.05, 4.69) is 25.6 Å². The van der Waals surface area contributed by atoms with E-state index in [0.29, 0.717) is 10.3 Å². The third kappa shape index (κ3) is 3.61. The number of rotatable bonds is 5. The molecule has 0 saturated carbocycles. The van der Waals surface area contributed by atoms with Gasteiger partial charge < -0.3 is 5.73 Å². The molecule has 0 spiro atoms. The van der Waals surface area contributed by atoms with Gasteiger partial charge in [-0.25, -0.2) is 13.1 Å². The molecule has 102 valence electrons. The topological polar surface area (TPSA) is 85.1 Å². The first-order valence-corrected chi connectivity index (χ1v) is 8.49. The van der Waals surface area contributed by atoms with Crippen LogP contribution < -0.4 is 10.5 Å². The summed E-state index contributed by atoms with van der Waals surface area (Å²) in [6.45, 7) is 0.526. The SMILES string of the molecule is NCc1cc(S(=O)(=O)NCc2cccnc2)c(Br)s1. The van der Waals surface area contributed by atoms with Gasteiger partial charge in [-0.2, -0.15) is 0 Å². The van der Waals surface area contributed by atoms with Crippen molar-refractivity contribution >= 4 is 37.3 Å². The third-order valence-corrected chi connectivity index (χ3v) is 6.06. The minimum Gasteiger partial charge on any atom is -0.326 e. The minimum absolute atomic E-state index is 0.205. The Morgan fingerprint density at radius 2 is 2.26 bits per heavy atom. The number of hydrogen-bond donors (Lipinski definition) is 2. The van der Waals surface area contributed by atoms with Crippen LogP contribution >= 0.6 is 27.3 Å². The molecule has 2 aromatic rings. The fraction of sp³-hybridized carbons (Fsp3) is 0.182. The Hall–Kier alpha value is -0.800. The van der Waals surface area contributed by atoms with E-state index in [1.54, 1.807) is 24.5 Å². The summed E-state index contributed by atoms with van der Waals surface area (Å²) in [7, 11) is -3.55. The van der Waals surface area contributed by atoms with Crippen LogP contribution in [-0.2, 0) is 23.1 Å². The van der Waals surface area contributed by atoms with Gasteiger partial charge in [-0.1, -0.05) is 6.07 Å². The van der Waals surface area contributed by atoms with Crippen molar-refractivity contribution in [1.82, 2.24) is 9.71 Å². The van der Waals surface area contributed by atoms with Crippen molar-refractivity contribution in [1.29, 1.82) is 0 Å². The largest absolute Gasteiger partial charge is 0.326 e. The van der Waals surface area contributed by atoms with Crippen molar-refractivity contribution in [2.45, 2.75) is 18.0 Å². The summed E-state index contributed by atoms with van der Waals surface area (Å²) >= 11 is 4.57. The lowest BCUT2D eigenvalue weighted by Crippen LogP contribution is -2.23. The zero-order chi connectivity index (χ0) is 13.9. The maximum Gasteiger partial charge on any atom is 0.242 e. The lowest BCUT2D eigenvalue weighted by atomic mass is 10.3. The van der Waals surface area contributed by atoms with E-state index in [-0.39, 0.29) is 11.4 Å². The predicted molar refractivity (Wildman–Crippen MR) is 78.2 cm³/mol. The zero-order valence-corrected chi connectivity index (χ0v) is 13.1. The van der Waals surface area contributed by atoms with Gasteiger partial charge in [-0.15, -0.1) is 11.3 Å². The number of aromatic nitrogens is 1. The van der Waals surface area contributed by atoms with Crippen molar-refractivity contribution in [3.8, 4) is 0 Å². The predicted octanol–water partition coefficient (Wildman–Crippen LogP) is 1.84. The number of sulfonamides is 1. The standard InChI is InChI=1S/C11H12BrN3O2S2/c12-11-10(4-9(5-13)18-11)19(16,17)15-7-8-2-1-3-14-6-8/h1-4,6,15H,5,7,13H2. The minimum atomic E-state index is -3.55. The number of thiophene rings is 1. The maximum absolute atomic E-state index is 12.2. The molecule has 3 N–H and O–H groups in total. The Bertz CT molecular complexity index is 656. The van der Waals surface area contributed by atoms with Crippen molar-refractivity contribution in [3.63, 3.8) is 0 Å². The fourth-order valence-electron chi connectivity index (χ4n) is 1.44. The summed E-state index contributed by atoms with van der Waals surface area (Å²) in [6.07, 6.45) is 3.26. The molecule has 19 heavy (non-hydrogen) atoms. The van der Waals surface area contributed by atoms with Gasteiger partial charge in [-0.05, 0) is 33.6 Å². The molecule has 2 heterocycles. The normalized spacial score (nSPS) is 11.7. The van der Waals surface area contributed by atoms with Crippen LogP contribution in [0, 0.1) is 0 Å². The number of halogens is 1. The van der Waals surface area contributed by atoms with E-state index in [1.807, 2.05) is 6.07 Å². The second kappa shape index (κ2) is 6.10. The molecule has 0 aliphatic heterocycles. The average Bonchev–Trinajstić information content (AvgIpc) is 2.80. The number of hydrogen-bond acceptors (Lipinski definition) is 5. The quantitative estimate of drug-likeness (QED) is 0.850. The third-order valence-electron chi connectivity index (χ3n) is 2.39. The lowest BCUT2D eigenvalue weighted by molar-refractivity contribution is 0.581. The molecular formula is C11H12BrN3O2S2. The first-order chi connectivity index (χ1) is 9.03. The van der Waals surface area contributed by atoms with Crippen molar-refractivity contribution in [2.75, 3.05) is 0 Å². The fourth-order valence-corrected chi connectivity index (χ4v) is 5.02. The van der Waals surface area contributed by atoms with Crippen LogP contribution in [0.1, 0.15) is 10.4 Å². The van der Waals surface area contributed by atoms with E-state index in [0.717, 1.165) is 10.4 Å². The molecular weight excluding hydrogens is 350 g/mol. The van der Waals surface area contributed by atoms with Crippen molar-refractivity contribution in [3.05, 3.63) is 44.8 Å². The zero-order valence-electron chi connectivity index (χ0n) is 9.84. The molecule has 0 aliphatic rings. The van der Waals surface area contributed by atoms with Crippen LogP contribution in [-0.4, -0.2) is 13.4 Å². The molecule has 0 radical (unpaired) electrons. The average molecular weight is 362 g/mol. The lowest BCUT2D eigenvalue weighted by Gasteiger charge is -2.05. The van der Waals surface area contributed by atoms with E-state index in [9.17, 15) is 8.42 Å². The highest BCUT2D eigenvalue weighted by atomic mass is 79.9. The molecule has 0 bridgehead atoms. The molecule has 8 heteroatoms. The van der Waals surface area contributed by atoms with Gasteiger partial charge in [0.2, 0.25) is 10.0 Å². The van der Waals surface area contributed by atoms with Crippen molar-refractivity contribution in [2.24, 2.45) is 5.73 Å². The van der Waals surface area contributed by atoms with Crippen LogP contribution in [0.4, 0.5) is 0 Å². The molecule has 0 unspecified atom stereocenters. The molecule has 0 atom stereocenters. The summed E-state index contributed by atoms with van der Waals surface area (Å²) in [5, 5.41) is 0. The molecule has 2 aromatic heterocycles. The Kier molecular flexibility index (Phi) is 4.69. The second-order valence-corrected chi connectivity index (χ2v) is 7.93. The highest BCUT2D eigenvalue weighted by Crippen LogP contribution is 2.31. The Morgan fingerprint density at radius 3 is 2.84 bits per heavy atom. The number of nitrogens with two attached hydrogens (primary N) is 1. The van der Waals surface area contributed by atoms with E-state index < -0.39 is 10.0 Å². The molecule has 5 nitrogen and oxygen atoms in total. The van der Waals surface area contributed by atoms with Crippen LogP contribution in [0.5, 0.6) is 0 Å². The Morgan fingerprint density at radius 1 is 1.47 bits per heavy atom. The smallest absolute Gasteiger partial charge is 0.242 e. The van der Waals surface area contributed by atoms with Crippen LogP contribution in [0.3, 0.4) is 0 Å². The first-order valence-electron chi connectivity index (χ1n) is 5.40. The number of nitrogens with zero attached hydrogens (tertiary/aromatic N) is 1. The summed E-state index contributed by atoms with van der Waals surface area (Å²) in [5.74, 6) is 0.